The highest BCUT2D eigenvalue weighted by molar-refractivity contribution is 7.98. The monoisotopic (exact) mass is 388 g/mol. The standard InChI is InChI=1S/C18H17ClN4O2S/c1-11-4-2-3-5-15(11)17-21-22-18(23(17)20)26-9-13-7-14(19)6-12-8-24-10-25-16(12)13/h2-7H,8-10,20H2,1H3. The smallest absolute Gasteiger partial charge is 0.210 e. The molecule has 3 aromatic rings. The van der Waals surface area contributed by atoms with Crippen LogP contribution in [0, 0.1) is 6.92 Å². The number of nitrogen functional groups attached to an aromatic ring is 1. The van der Waals surface area contributed by atoms with Crippen molar-refractivity contribution in [1.29, 1.82) is 0 Å². The molecule has 0 saturated carbocycles. The predicted molar refractivity (Wildman–Crippen MR) is 102 cm³/mol. The Labute approximate surface area is 160 Å². The zero-order valence-corrected chi connectivity index (χ0v) is 15.7. The maximum absolute atomic E-state index is 6.23. The van der Waals surface area contributed by atoms with Crippen LogP contribution >= 0.6 is 23.4 Å². The fourth-order valence-electron chi connectivity index (χ4n) is 2.89. The van der Waals surface area contributed by atoms with Gasteiger partial charge in [0.05, 0.1) is 6.61 Å². The van der Waals surface area contributed by atoms with E-state index in [0.717, 1.165) is 28.0 Å². The Morgan fingerprint density at radius 1 is 1.27 bits per heavy atom. The van der Waals surface area contributed by atoms with E-state index in [2.05, 4.69) is 10.2 Å². The number of aromatic nitrogens is 3. The minimum absolute atomic E-state index is 0.247. The third-order valence-electron chi connectivity index (χ3n) is 4.16. The van der Waals surface area contributed by atoms with Crippen LogP contribution < -0.4 is 10.6 Å². The highest BCUT2D eigenvalue weighted by atomic mass is 35.5. The maximum atomic E-state index is 6.23. The first-order valence-corrected chi connectivity index (χ1v) is 9.41. The minimum atomic E-state index is 0.247. The Morgan fingerprint density at radius 3 is 2.96 bits per heavy atom. The number of fused-ring (bicyclic) bond motifs is 1. The molecule has 0 radical (unpaired) electrons. The summed E-state index contributed by atoms with van der Waals surface area (Å²) < 4.78 is 12.5. The Balaban J connectivity index is 1.59. The van der Waals surface area contributed by atoms with Gasteiger partial charge in [-0.1, -0.05) is 47.6 Å². The lowest BCUT2D eigenvalue weighted by Gasteiger charge is -2.20. The van der Waals surface area contributed by atoms with Gasteiger partial charge in [-0.25, -0.2) is 4.68 Å². The second-order valence-corrected chi connectivity index (χ2v) is 7.32. The van der Waals surface area contributed by atoms with Gasteiger partial charge in [0.15, 0.2) is 12.6 Å². The molecule has 0 spiro atoms. The first-order valence-electron chi connectivity index (χ1n) is 8.04. The van der Waals surface area contributed by atoms with Gasteiger partial charge in [0.1, 0.15) is 5.75 Å². The molecule has 0 saturated heterocycles. The van der Waals surface area contributed by atoms with Crippen LogP contribution in [0.3, 0.4) is 0 Å². The van der Waals surface area contributed by atoms with Gasteiger partial charge < -0.3 is 15.3 Å². The van der Waals surface area contributed by atoms with Crippen molar-refractivity contribution in [3.05, 3.63) is 58.1 Å². The molecule has 0 unspecified atom stereocenters. The molecule has 8 heteroatoms. The molecule has 1 aromatic heterocycles. The average Bonchev–Trinajstić information content (AvgIpc) is 3.00. The molecule has 0 aliphatic carbocycles. The Bertz CT molecular complexity index is 960. The van der Waals surface area contributed by atoms with Crippen LogP contribution in [-0.2, 0) is 17.1 Å². The summed E-state index contributed by atoms with van der Waals surface area (Å²) >= 11 is 7.71. The van der Waals surface area contributed by atoms with Gasteiger partial charge >= 0.3 is 0 Å². The molecule has 2 N–H and O–H groups in total. The highest BCUT2D eigenvalue weighted by Crippen LogP contribution is 2.35. The van der Waals surface area contributed by atoms with E-state index < -0.39 is 0 Å². The van der Waals surface area contributed by atoms with Gasteiger partial charge in [-0.3, -0.25) is 0 Å². The van der Waals surface area contributed by atoms with Gasteiger partial charge in [0, 0.05) is 27.5 Å². The molecule has 0 fully saturated rings. The van der Waals surface area contributed by atoms with E-state index in [9.17, 15) is 0 Å². The zero-order valence-electron chi connectivity index (χ0n) is 14.1. The number of halogens is 1. The summed E-state index contributed by atoms with van der Waals surface area (Å²) in [7, 11) is 0. The number of hydrogen-bond donors (Lipinski definition) is 1. The van der Waals surface area contributed by atoms with Crippen LogP contribution in [0.4, 0.5) is 0 Å². The van der Waals surface area contributed by atoms with Crippen LogP contribution in [-0.4, -0.2) is 21.7 Å². The van der Waals surface area contributed by atoms with Gasteiger partial charge in [-0.05, 0) is 24.6 Å². The molecule has 1 aliphatic rings. The SMILES string of the molecule is Cc1ccccc1-c1nnc(SCc2cc(Cl)cc3c2OCOC3)n1N. The summed E-state index contributed by atoms with van der Waals surface area (Å²) in [5, 5.41) is 9.77. The molecule has 2 aromatic carbocycles. The van der Waals surface area contributed by atoms with Crippen LogP contribution in [0.2, 0.25) is 5.02 Å². The van der Waals surface area contributed by atoms with Crippen molar-refractivity contribution in [3.63, 3.8) is 0 Å². The summed E-state index contributed by atoms with van der Waals surface area (Å²) in [5.74, 6) is 8.32. The second kappa shape index (κ2) is 7.19. The number of ether oxygens (including phenoxy) is 2. The van der Waals surface area contributed by atoms with Crippen molar-refractivity contribution in [3.8, 4) is 17.1 Å². The Kier molecular flexibility index (Phi) is 4.76. The highest BCUT2D eigenvalue weighted by Gasteiger charge is 2.19. The van der Waals surface area contributed by atoms with E-state index in [-0.39, 0.29) is 6.79 Å². The van der Waals surface area contributed by atoms with Crippen LogP contribution in [0.5, 0.6) is 5.75 Å². The molecule has 6 nitrogen and oxygen atoms in total. The molecule has 4 rings (SSSR count). The van der Waals surface area contributed by atoms with Crippen molar-refractivity contribution < 1.29 is 9.47 Å². The van der Waals surface area contributed by atoms with Gasteiger partial charge in [0.25, 0.3) is 0 Å². The quantitative estimate of drug-likeness (QED) is 0.541. The lowest BCUT2D eigenvalue weighted by atomic mass is 10.1. The first-order chi connectivity index (χ1) is 12.6. The summed E-state index contributed by atoms with van der Waals surface area (Å²) in [4.78, 5) is 0. The summed E-state index contributed by atoms with van der Waals surface area (Å²) in [6.45, 7) is 2.77. The Hall–Kier alpha value is -2.22. The molecule has 0 bridgehead atoms. The first kappa shape index (κ1) is 17.2. The largest absolute Gasteiger partial charge is 0.467 e. The normalized spacial score (nSPS) is 13.3. The number of benzene rings is 2. The number of rotatable bonds is 4. The summed E-state index contributed by atoms with van der Waals surface area (Å²) in [6.07, 6.45) is 0. The molecule has 134 valence electrons. The maximum Gasteiger partial charge on any atom is 0.210 e. The van der Waals surface area contributed by atoms with Crippen LogP contribution in [0.1, 0.15) is 16.7 Å². The zero-order chi connectivity index (χ0) is 18.1. The van der Waals surface area contributed by atoms with E-state index in [1.165, 1.54) is 16.4 Å². The van der Waals surface area contributed by atoms with E-state index in [1.54, 1.807) is 0 Å². The number of aryl methyl sites for hydroxylation is 1. The number of nitrogens with zero attached hydrogens (tertiary/aromatic N) is 3. The molecular weight excluding hydrogens is 372 g/mol. The van der Waals surface area contributed by atoms with Gasteiger partial charge in [-0.2, -0.15) is 0 Å². The van der Waals surface area contributed by atoms with Crippen molar-refractivity contribution >= 4 is 23.4 Å². The molecule has 0 amide bonds. The summed E-state index contributed by atoms with van der Waals surface area (Å²) in [6, 6.07) is 11.7. The lowest BCUT2D eigenvalue weighted by Crippen LogP contribution is -2.13. The number of nitrogens with two attached hydrogens (primary N) is 1. The molecule has 0 atom stereocenters. The fourth-order valence-corrected chi connectivity index (χ4v) is 3.98. The van der Waals surface area contributed by atoms with Crippen LogP contribution in [0.25, 0.3) is 11.4 Å². The lowest BCUT2D eigenvalue weighted by molar-refractivity contribution is -0.0168. The van der Waals surface area contributed by atoms with Crippen molar-refractivity contribution in [2.75, 3.05) is 12.6 Å². The Morgan fingerprint density at radius 2 is 2.12 bits per heavy atom. The van der Waals surface area contributed by atoms with Crippen molar-refractivity contribution in [2.45, 2.75) is 24.4 Å². The second-order valence-electron chi connectivity index (χ2n) is 5.94. The predicted octanol–water partition coefficient (Wildman–Crippen LogP) is 3.78. The van der Waals surface area contributed by atoms with E-state index in [1.807, 2.05) is 43.3 Å². The van der Waals surface area contributed by atoms with E-state index in [4.69, 9.17) is 26.9 Å². The van der Waals surface area contributed by atoms with Gasteiger partial charge in [0.2, 0.25) is 5.16 Å². The molecule has 26 heavy (non-hydrogen) atoms. The third-order valence-corrected chi connectivity index (χ3v) is 5.37. The topological polar surface area (TPSA) is 75.2 Å². The molecule has 2 heterocycles. The van der Waals surface area contributed by atoms with E-state index in [0.29, 0.717) is 28.4 Å². The fraction of sp³-hybridized carbons (Fsp3) is 0.222. The van der Waals surface area contributed by atoms with Crippen LogP contribution in [0.15, 0.2) is 41.6 Å². The minimum Gasteiger partial charge on any atom is -0.467 e. The number of hydrogen-bond acceptors (Lipinski definition) is 6. The summed E-state index contributed by atoms with van der Waals surface area (Å²) in [5.41, 5.74) is 4.01. The third kappa shape index (κ3) is 3.25. The molecular formula is C18H17ClN4O2S. The average molecular weight is 389 g/mol. The van der Waals surface area contributed by atoms with Crippen molar-refractivity contribution in [1.82, 2.24) is 14.9 Å². The van der Waals surface area contributed by atoms with Gasteiger partial charge in [-0.15, -0.1) is 10.2 Å². The molecule has 1 aliphatic heterocycles. The van der Waals surface area contributed by atoms with Crippen molar-refractivity contribution in [2.24, 2.45) is 0 Å². The van der Waals surface area contributed by atoms with E-state index >= 15 is 0 Å². The number of thioether (sulfide) groups is 1.